The van der Waals surface area contributed by atoms with Crippen LogP contribution in [0.4, 0.5) is 5.82 Å². The van der Waals surface area contributed by atoms with Crippen LogP contribution in [0.25, 0.3) is 11.0 Å². The highest BCUT2D eigenvalue weighted by Gasteiger charge is 2.25. The number of nitrogens with one attached hydrogen (secondary N) is 2. The number of nitrogens with zero attached hydrogens (tertiary/aromatic N) is 5. The molecule has 0 bridgehead atoms. The second-order valence-corrected chi connectivity index (χ2v) is 6.28. The Hall–Kier alpha value is -2.64. The Labute approximate surface area is 139 Å². The Morgan fingerprint density at radius 2 is 2.00 bits per heavy atom. The van der Waals surface area contributed by atoms with Crippen LogP contribution in [0, 0.1) is 0 Å². The predicted molar refractivity (Wildman–Crippen MR) is 90.0 cm³/mol. The van der Waals surface area contributed by atoms with E-state index in [0.717, 1.165) is 60.1 Å². The van der Waals surface area contributed by atoms with Gasteiger partial charge in [-0.1, -0.05) is 6.92 Å². The van der Waals surface area contributed by atoms with Gasteiger partial charge in [-0.25, -0.2) is 4.68 Å². The van der Waals surface area contributed by atoms with Gasteiger partial charge < -0.3 is 5.32 Å². The van der Waals surface area contributed by atoms with Gasteiger partial charge in [0.2, 0.25) is 0 Å². The highest BCUT2D eigenvalue weighted by molar-refractivity contribution is 6.08. The van der Waals surface area contributed by atoms with Gasteiger partial charge in [0.15, 0.2) is 5.65 Å². The number of aryl methyl sites for hydroxylation is 4. The predicted octanol–water partition coefficient (Wildman–Crippen LogP) is 1.72. The molecule has 1 aliphatic rings. The SMILES string of the molecule is CCc1nn(C)c2n[nH]c(NC(=O)c3c4c(nn3C)CCCC4)c12. The van der Waals surface area contributed by atoms with Crippen LogP contribution in [-0.4, -0.2) is 35.7 Å². The summed E-state index contributed by atoms with van der Waals surface area (Å²) in [5, 5.41) is 20.0. The standard InChI is InChI=1S/C16H21N7O/c1-4-10-12-14(18-19-15(12)23(3)20-10)17-16(24)13-9-7-5-6-8-11(9)21-22(13)2/h4-8H2,1-3H3,(H2,17,18,19,24). The number of carbonyl (C=O) groups is 1. The first-order valence-corrected chi connectivity index (χ1v) is 8.36. The summed E-state index contributed by atoms with van der Waals surface area (Å²) < 4.78 is 3.43. The molecule has 4 rings (SSSR count). The normalized spacial score (nSPS) is 14.1. The second-order valence-electron chi connectivity index (χ2n) is 6.28. The van der Waals surface area contributed by atoms with E-state index in [4.69, 9.17) is 0 Å². The van der Waals surface area contributed by atoms with Crippen molar-refractivity contribution in [1.29, 1.82) is 0 Å². The van der Waals surface area contributed by atoms with E-state index in [1.165, 1.54) is 0 Å². The molecule has 3 heterocycles. The summed E-state index contributed by atoms with van der Waals surface area (Å²) in [6.45, 7) is 2.04. The van der Waals surface area contributed by atoms with Crippen molar-refractivity contribution in [1.82, 2.24) is 29.8 Å². The van der Waals surface area contributed by atoms with Crippen LogP contribution in [0.2, 0.25) is 0 Å². The van der Waals surface area contributed by atoms with Gasteiger partial charge in [-0.3, -0.25) is 14.6 Å². The van der Waals surface area contributed by atoms with Gasteiger partial charge in [-0.15, -0.1) is 0 Å². The zero-order chi connectivity index (χ0) is 16.8. The maximum Gasteiger partial charge on any atom is 0.275 e. The lowest BCUT2D eigenvalue weighted by Crippen LogP contribution is -2.19. The molecule has 0 saturated carbocycles. The number of rotatable bonds is 3. The van der Waals surface area contributed by atoms with Gasteiger partial charge in [-0.2, -0.15) is 15.3 Å². The highest BCUT2D eigenvalue weighted by Crippen LogP contribution is 2.27. The van der Waals surface area contributed by atoms with Crippen molar-refractivity contribution in [3.05, 3.63) is 22.6 Å². The molecular weight excluding hydrogens is 306 g/mol. The Balaban J connectivity index is 1.72. The molecule has 0 aromatic carbocycles. The largest absolute Gasteiger partial charge is 0.305 e. The molecule has 24 heavy (non-hydrogen) atoms. The van der Waals surface area contributed by atoms with Crippen molar-refractivity contribution in [3.63, 3.8) is 0 Å². The van der Waals surface area contributed by atoms with Crippen LogP contribution < -0.4 is 5.32 Å². The Bertz CT molecular complexity index is 930. The third kappa shape index (κ3) is 2.13. The van der Waals surface area contributed by atoms with Gasteiger partial charge in [-0.05, 0) is 32.1 Å². The first kappa shape index (κ1) is 14.9. The van der Waals surface area contributed by atoms with Gasteiger partial charge in [0, 0.05) is 19.7 Å². The van der Waals surface area contributed by atoms with Gasteiger partial charge >= 0.3 is 0 Å². The molecule has 3 aromatic rings. The first-order valence-electron chi connectivity index (χ1n) is 8.36. The summed E-state index contributed by atoms with van der Waals surface area (Å²) in [5.41, 5.74) is 4.45. The maximum atomic E-state index is 12.9. The fourth-order valence-corrected chi connectivity index (χ4v) is 3.59. The first-order chi connectivity index (χ1) is 11.6. The van der Waals surface area contributed by atoms with E-state index in [1.54, 1.807) is 9.36 Å². The van der Waals surface area contributed by atoms with Crippen molar-refractivity contribution in [2.75, 3.05) is 5.32 Å². The minimum Gasteiger partial charge on any atom is -0.305 e. The number of aromatic amines is 1. The molecule has 8 nitrogen and oxygen atoms in total. The van der Waals surface area contributed by atoms with Crippen LogP contribution in [0.15, 0.2) is 0 Å². The van der Waals surface area contributed by atoms with Gasteiger partial charge in [0.25, 0.3) is 5.91 Å². The summed E-state index contributed by atoms with van der Waals surface area (Å²) in [6, 6.07) is 0. The molecule has 0 saturated heterocycles. The molecule has 0 aliphatic heterocycles. The van der Waals surface area contributed by atoms with Crippen molar-refractivity contribution in [3.8, 4) is 0 Å². The lowest BCUT2D eigenvalue weighted by Gasteiger charge is -2.11. The topological polar surface area (TPSA) is 93.4 Å². The average molecular weight is 327 g/mol. The molecule has 8 heteroatoms. The van der Waals surface area contributed by atoms with E-state index in [1.807, 2.05) is 21.0 Å². The summed E-state index contributed by atoms with van der Waals surface area (Å²) in [4.78, 5) is 12.9. The summed E-state index contributed by atoms with van der Waals surface area (Å²) in [5.74, 6) is 0.454. The average Bonchev–Trinajstić information content (AvgIpc) is 3.21. The molecule has 0 fully saturated rings. The van der Waals surface area contributed by atoms with Crippen LogP contribution in [0.1, 0.15) is 47.2 Å². The van der Waals surface area contributed by atoms with Gasteiger partial charge in [0.05, 0.1) is 16.8 Å². The van der Waals surface area contributed by atoms with E-state index in [9.17, 15) is 4.79 Å². The highest BCUT2D eigenvalue weighted by atomic mass is 16.2. The number of H-pyrrole nitrogens is 1. The van der Waals surface area contributed by atoms with Crippen LogP contribution in [0.5, 0.6) is 0 Å². The molecule has 1 amide bonds. The van der Waals surface area contributed by atoms with Crippen LogP contribution in [0.3, 0.4) is 0 Å². The van der Waals surface area contributed by atoms with Crippen molar-refractivity contribution < 1.29 is 4.79 Å². The van der Waals surface area contributed by atoms with Crippen molar-refractivity contribution >= 4 is 22.8 Å². The third-order valence-corrected chi connectivity index (χ3v) is 4.72. The van der Waals surface area contributed by atoms with Crippen molar-refractivity contribution in [2.45, 2.75) is 39.0 Å². The van der Waals surface area contributed by atoms with Gasteiger partial charge in [0.1, 0.15) is 11.5 Å². The summed E-state index contributed by atoms with van der Waals surface area (Å²) in [7, 11) is 3.68. The molecule has 0 spiro atoms. The zero-order valence-electron chi connectivity index (χ0n) is 14.2. The van der Waals surface area contributed by atoms with E-state index in [2.05, 4.69) is 25.7 Å². The number of amides is 1. The molecule has 1 aliphatic carbocycles. The van der Waals surface area contributed by atoms with E-state index >= 15 is 0 Å². The number of fused-ring (bicyclic) bond motifs is 2. The number of anilines is 1. The fourth-order valence-electron chi connectivity index (χ4n) is 3.59. The minimum absolute atomic E-state index is 0.149. The maximum absolute atomic E-state index is 12.9. The lowest BCUT2D eigenvalue weighted by molar-refractivity contribution is 0.101. The Morgan fingerprint density at radius 3 is 2.79 bits per heavy atom. The van der Waals surface area contributed by atoms with E-state index in [-0.39, 0.29) is 5.91 Å². The molecule has 2 N–H and O–H groups in total. The summed E-state index contributed by atoms with van der Waals surface area (Å²) in [6.07, 6.45) is 4.89. The second kappa shape index (κ2) is 5.47. The summed E-state index contributed by atoms with van der Waals surface area (Å²) >= 11 is 0. The monoisotopic (exact) mass is 327 g/mol. The Morgan fingerprint density at radius 1 is 1.21 bits per heavy atom. The molecule has 126 valence electrons. The van der Waals surface area contributed by atoms with Crippen LogP contribution in [-0.2, 0) is 33.4 Å². The molecular formula is C16H21N7O. The Kier molecular flexibility index (Phi) is 3.40. The molecule has 3 aromatic heterocycles. The molecule has 0 radical (unpaired) electrons. The van der Waals surface area contributed by atoms with Crippen LogP contribution >= 0.6 is 0 Å². The molecule has 0 atom stereocenters. The lowest BCUT2D eigenvalue weighted by atomic mass is 9.95. The van der Waals surface area contributed by atoms with E-state index < -0.39 is 0 Å². The third-order valence-electron chi connectivity index (χ3n) is 4.72. The number of carbonyl (C=O) groups excluding carboxylic acids is 1. The number of hydrogen-bond donors (Lipinski definition) is 2. The van der Waals surface area contributed by atoms with Crippen molar-refractivity contribution in [2.24, 2.45) is 14.1 Å². The zero-order valence-corrected chi connectivity index (χ0v) is 14.2. The fraction of sp³-hybridized carbons (Fsp3) is 0.500. The quantitative estimate of drug-likeness (QED) is 0.766. The smallest absolute Gasteiger partial charge is 0.275 e. The minimum atomic E-state index is -0.149. The number of hydrogen-bond acceptors (Lipinski definition) is 4. The number of aromatic nitrogens is 6. The van der Waals surface area contributed by atoms with E-state index in [0.29, 0.717) is 11.5 Å². The molecule has 0 unspecified atom stereocenters.